The van der Waals surface area contributed by atoms with E-state index in [0.717, 1.165) is 0 Å². The minimum absolute atomic E-state index is 0. The van der Waals surface area contributed by atoms with Crippen LogP contribution >= 0.6 is 12.4 Å². The van der Waals surface area contributed by atoms with E-state index in [0.29, 0.717) is 19.4 Å². The van der Waals surface area contributed by atoms with Crippen LogP contribution in [0.2, 0.25) is 0 Å². The molecule has 0 spiro atoms. The van der Waals surface area contributed by atoms with E-state index in [2.05, 4.69) is 0 Å². The minimum Gasteiger partial charge on any atom is -0.383 e. The lowest BCUT2D eigenvalue weighted by Gasteiger charge is -2.36. The van der Waals surface area contributed by atoms with Crippen LogP contribution in [0.15, 0.2) is 0 Å². The Hall–Kier alpha value is 0.0700. The maximum atomic E-state index is 12.7. The molecule has 1 rings (SSSR count). The van der Waals surface area contributed by atoms with E-state index in [1.165, 1.54) is 0 Å². The van der Waals surface area contributed by atoms with Crippen molar-refractivity contribution in [3.8, 4) is 0 Å². The fourth-order valence-electron chi connectivity index (χ4n) is 1.55. The van der Waals surface area contributed by atoms with Crippen LogP contribution in [-0.2, 0) is 4.74 Å². The van der Waals surface area contributed by atoms with Crippen LogP contribution in [0.4, 0.5) is 8.78 Å². The predicted octanol–water partition coefficient (Wildman–Crippen LogP) is 1.96. The Morgan fingerprint density at radius 1 is 1.23 bits per heavy atom. The molecule has 1 aliphatic carbocycles. The Labute approximate surface area is 83.2 Å². The highest BCUT2D eigenvalue weighted by Crippen LogP contribution is 2.37. The molecule has 0 aromatic carbocycles. The van der Waals surface area contributed by atoms with Gasteiger partial charge in [0.2, 0.25) is 5.92 Å². The summed E-state index contributed by atoms with van der Waals surface area (Å²) in [4.78, 5) is 0. The van der Waals surface area contributed by atoms with E-state index in [9.17, 15) is 8.78 Å². The van der Waals surface area contributed by atoms with Crippen LogP contribution in [-0.4, -0.2) is 25.2 Å². The molecule has 0 bridgehead atoms. The fraction of sp³-hybridized carbons (Fsp3) is 1.00. The lowest BCUT2D eigenvalue weighted by Crippen LogP contribution is -2.49. The van der Waals surface area contributed by atoms with Crippen LogP contribution in [0.5, 0.6) is 0 Å². The smallest absolute Gasteiger partial charge is 0.248 e. The van der Waals surface area contributed by atoms with Gasteiger partial charge in [-0.15, -0.1) is 12.4 Å². The van der Waals surface area contributed by atoms with Crippen LogP contribution in [0, 0.1) is 0 Å². The SMILES string of the molecule is COCC1(N)CCC(F)(F)CC1.Cl. The van der Waals surface area contributed by atoms with Crippen molar-refractivity contribution in [2.75, 3.05) is 13.7 Å². The van der Waals surface area contributed by atoms with Gasteiger partial charge in [-0.2, -0.15) is 0 Å². The third-order valence-electron chi connectivity index (χ3n) is 2.41. The Bertz CT molecular complexity index is 156. The molecule has 13 heavy (non-hydrogen) atoms. The first-order chi connectivity index (χ1) is 5.47. The van der Waals surface area contributed by atoms with Crippen molar-refractivity contribution in [1.29, 1.82) is 0 Å². The summed E-state index contributed by atoms with van der Waals surface area (Å²) in [5.74, 6) is -2.50. The number of hydrogen-bond donors (Lipinski definition) is 1. The maximum Gasteiger partial charge on any atom is 0.248 e. The largest absolute Gasteiger partial charge is 0.383 e. The molecule has 0 aliphatic heterocycles. The minimum atomic E-state index is -2.50. The van der Waals surface area contributed by atoms with Gasteiger partial charge in [-0.1, -0.05) is 0 Å². The Kier molecular flexibility index (Phi) is 4.55. The molecule has 2 nitrogen and oxygen atoms in total. The molecule has 0 aromatic rings. The molecule has 0 heterocycles. The third kappa shape index (κ3) is 3.75. The van der Waals surface area contributed by atoms with Crippen molar-refractivity contribution in [2.24, 2.45) is 5.73 Å². The third-order valence-corrected chi connectivity index (χ3v) is 2.41. The summed E-state index contributed by atoms with van der Waals surface area (Å²) in [6, 6.07) is 0. The molecule has 0 aromatic heterocycles. The number of halogens is 3. The molecule has 0 radical (unpaired) electrons. The van der Waals surface area contributed by atoms with Crippen molar-refractivity contribution in [3.63, 3.8) is 0 Å². The van der Waals surface area contributed by atoms with Gasteiger partial charge in [-0.05, 0) is 12.8 Å². The molecule has 1 fully saturated rings. The highest BCUT2D eigenvalue weighted by molar-refractivity contribution is 5.85. The zero-order chi connectivity index (χ0) is 9.24. The molecule has 1 aliphatic rings. The first kappa shape index (κ1) is 13.1. The van der Waals surface area contributed by atoms with Crippen LogP contribution < -0.4 is 5.73 Å². The Balaban J connectivity index is 0.00000144. The average molecular weight is 216 g/mol. The number of alkyl halides is 2. The van der Waals surface area contributed by atoms with Gasteiger partial charge in [-0.3, -0.25) is 0 Å². The molecule has 2 N–H and O–H groups in total. The number of methoxy groups -OCH3 is 1. The quantitative estimate of drug-likeness (QED) is 0.765. The summed E-state index contributed by atoms with van der Waals surface area (Å²) in [5.41, 5.74) is 5.31. The highest BCUT2D eigenvalue weighted by atomic mass is 35.5. The van der Waals surface area contributed by atoms with Crippen molar-refractivity contribution in [1.82, 2.24) is 0 Å². The van der Waals surface area contributed by atoms with Crippen LogP contribution in [0.1, 0.15) is 25.7 Å². The highest BCUT2D eigenvalue weighted by Gasteiger charge is 2.41. The van der Waals surface area contributed by atoms with Crippen LogP contribution in [0.3, 0.4) is 0 Å². The Morgan fingerprint density at radius 2 is 1.69 bits per heavy atom. The zero-order valence-corrected chi connectivity index (χ0v) is 8.50. The van der Waals surface area contributed by atoms with Gasteiger partial charge in [0, 0.05) is 25.5 Å². The molecule has 5 heteroatoms. The summed E-state index contributed by atoms with van der Waals surface area (Å²) >= 11 is 0. The molecule has 80 valence electrons. The summed E-state index contributed by atoms with van der Waals surface area (Å²) < 4.78 is 30.3. The maximum absolute atomic E-state index is 12.7. The lowest BCUT2D eigenvalue weighted by atomic mass is 9.81. The summed E-state index contributed by atoms with van der Waals surface area (Å²) in [7, 11) is 1.54. The molecule has 0 amide bonds. The normalized spacial score (nSPS) is 24.9. The van der Waals surface area contributed by atoms with Crippen molar-refractivity contribution in [3.05, 3.63) is 0 Å². The molecule has 0 unspecified atom stereocenters. The molecule has 0 atom stereocenters. The van der Waals surface area contributed by atoms with E-state index in [4.69, 9.17) is 10.5 Å². The second kappa shape index (κ2) is 4.53. The van der Waals surface area contributed by atoms with E-state index >= 15 is 0 Å². The number of hydrogen-bond acceptors (Lipinski definition) is 2. The van der Waals surface area contributed by atoms with E-state index in [-0.39, 0.29) is 25.2 Å². The van der Waals surface area contributed by atoms with E-state index in [1.54, 1.807) is 7.11 Å². The van der Waals surface area contributed by atoms with Gasteiger partial charge in [0.25, 0.3) is 0 Å². The number of ether oxygens (including phenoxy) is 1. The van der Waals surface area contributed by atoms with Gasteiger partial charge in [0.1, 0.15) is 0 Å². The summed E-state index contributed by atoms with van der Waals surface area (Å²) in [6.07, 6.45) is 0.501. The predicted molar refractivity (Wildman–Crippen MR) is 49.5 cm³/mol. The zero-order valence-electron chi connectivity index (χ0n) is 7.69. The van der Waals surface area contributed by atoms with Gasteiger partial charge in [0.05, 0.1) is 6.61 Å². The molecule has 0 saturated heterocycles. The molecule has 1 saturated carbocycles. The summed E-state index contributed by atoms with van der Waals surface area (Å²) in [5, 5.41) is 0. The van der Waals surface area contributed by atoms with Crippen molar-refractivity contribution < 1.29 is 13.5 Å². The van der Waals surface area contributed by atoms with Crippen LogP contribution in [0.25, 0.3) is 0 Å². The van der Waals surface area contributed by atoms with Gasteiger partial charge in [-0.25, -0.2) is 8.78 Å². The standard InChI is InChI=1S/C8H15F2NO.ClH/c1-12-6-7(11)2-4-8(9,10)5-3-7;/h2-6,11H2,1H3;1H. The molecular formula is C8H16ClF2NO. The first-order valence-electron chi connectivity index (χ1n) is 4.13. The second-order valence-electron chi connectivity index (χ2n) is 3.65. The monoisotopic (exact) mass is 215 g/mol. The van der Waals surface area contributed by atoms with Crippen molar-refractivity contribution in [2.45, 2.75) is 37.1 Å². The topological polar surface area (TPSA) is 35.2 Å². The van der Waals surface area contributed by atoms with E-state index < -0.39 is 11.5 Å². The number of nitrogens with two attached hydrogens (primary N) is 1. The number of rotatable bonds is 2. The van der Waals surface area contributed by atoms with E-state index in [1.807, 2.05) is 0 Å². The fourth-order valence-corrected chi connectivity index (χ4v) is 1.55. The van der Waals surface area contributed by atoms with Gasteiger partial charge < -0.3 is 10.5 Å². The average Bonchev–Trinajstić information content (AvgIpc) is 1.98. The van der Waals surface area contributed by atoms with Gasteiger partial charge in [0.15, 0.2) is 0 Å². The second-order valence-corrected chi connectivity index (χ2v) is 3.65. The van der Waals surface area contributed by atoms with Crippen molar-refractivity contribution >= 4 is 12.4 Å². The first-order valence-corrected chi connectivity index (χ1v) is 4.13. The molecular weight excluding hydrogens is 200 g/mol. The van der Waals surface area contributed by atoms with Gasteiger partial charge >= 0.3 is 0 Å². The lowest BCUT2D eigenvalue weighted by molar-refractivity contribution is -0.0597. The Morgan fingerprint density at radius 3 is 2.08 bits per heavy atom. The summed E-state index contributed by atoms with van der Waals surface area (Å²) in [6.45, 7) is 0.378.